The van der Waals surface area contributed by atoms with Crippen molar-refractivity contribution in [2.24, 2.45) is 0 Å². The monoisotopic (exact) mass is 776 g/mol. The topological polar surface area (TPSA) is 258 Å². The van der Waals surface area contributed by atoms with Gasteiger partial charge in [0.15, 0.2) is 18.9 Å². The highest BCUT2D eigenvalue weighted by molar-refractivity contribution is 5.08. The smallest absolute Gasteiger partial charge is 0.187 e. The average Bonchev–Trinajstić information content (AvgIpc) is 3.14. The number of rotatable bonds is 19. The lowest BCUT2D eigenvalue weighted by Gasteiger charge is -2.46. The largest absolute Gasteiger partial charge is 0.392 e. The summed E-state index contributed by atoms with van der Waals surface area (Å²) < 4.78 is 34.4. The highest BCUT2D eigenvalue weighted by Gasteiger charge is 2.51. The summed E-state index contributed by atoms with van der Waals surface area (Å²) in [5, 5.41) is 104. The second kappa shape index (κ2) is 21.7. The van der Waals surface area contributed by atoms with Crippen molar-refractivity contribution in [1.29, 1.82) is 0 Å². The number of hydrogen-bond donors (Lipinski definition) is 10. The van der Waals surface area contributed by atoms with Crippen LogP contribution in [0.3, 0.4) is 0 Å². The summed E-state index contributed by atoms with van der Waals surface area (Å²) in [5.74, 6) is 0. The van der Waals surface area contributed by atoms with Gasteiger partial charge in [-0.3, -0.25) is 0 Å². The van der Waals surface area contributed by atoms with Crippen molar-refractivity contribution < 1.29 is 79.5 Å². The molecule has 16 heteroatoms. The molecule has 0 spiro atoms. The first-order chi connectivity index (χ1) is 25.4. The third-order valence-corrected chi connectivity index (χ3v) is 10.2. The van der Waals surface area contributed by atoms with E-state index in [0.29, 0.717) is 25.7 Å². The maximum Gasteiger partial charge on any atom is 0.187 e. The normalized spacial score (nSPS) is 39.7. The second-order valence-corrected chi connectivity index (χ2v) is 14.9. The number of aliphatic hydroxyl groups is 10. The number of ether oxygens (including phenoxy) is 6. The Hall–Kier alpha value is -1.68. The zero-order valence-corrected chi connectivity index (χ0v) is 32.0. The van der Waals surface area contributed by atoms with E-state index < -0.39 is 104 Å². The van der Waals surface area contributed by atoms with E-state index in [1.54, 1.807) is 6.92 Å². The molecule has 3 fully saturated rings. The van der Waals surface area contributed by atoms with Crippen molar-refractivity contribution in [3.05, 3.63) is 47.6 Å². The molecule has 3 rings (SSSR count). The van der Waals surface area contributed by atoms with Crippen molar-refractivity contribution in [3.8, 4) is 0 Å². The molecule has 0 bridgehead atoms. The fourth-order valence-corrected chi connectivity index (χ4v) is 6.31. The molecule has 0 aromatic heterocycles. The predicted molar refractivity (Wildman–Crippen MR) is 193 cm³/mol. The highest BCUT2D eigenvalue weighted by Crippen LogP contribution is 2.31. The van der Waals surface area contributed by atoms with Gasteiger partial charge in [-0.05, 0) is 78.7 Å². The lowest BCUT2D eigenvalue weighted by atomic mass is 9.97. The third kappa shape index (κ3) is 13.2. The van der Waals surface area contributed by atoms with Crippen LogP contribution < -0.4 is 0 Å². The predicted octanol–water partition coefficient (Wildman–Crippen LogP) is -0.405. The molecule has 0 radical (unpaired) electrons. The molecule has 10 N–H and O–H groups in total. The molecule has 0 aliphatic carbocycles. The van der Waals surface area contributed by atoms with E-state index in [2.05, 4.69) is 12.7 Å². The molecule has 3 aliphatic heterocycles. The van der Waals surface area contributed by atoms with E-state index in [1.807, 2.05) is 26.0 Å². The number of hydrogen-bond acceptors (Lipinski definition) is 16. The maximum atomic E-state index is 11.2. The molecular formula is C38H64O16. The molecule has 312 valence electrons. The van der Waals surface area contributed by atoms with Crippen LogP contribution in [0, 0.1) is 0 Å². The summed E-state index contributed by atoms with van der Waals surface area (Å²) in [6.45, 7) is 11.7. The van der Waals surface area contributed by atoms with Crippen LogP contribution >= 0.6 is 0 Å². The van der Waals surface area contributed by atoms with Crippen LogP contribution in [0.5, 0.6) is 0 Å². The van der Waals surface area contributed by atoms with Gasteiger partial charge in [-0.15, -0.1) is 6.58 Å². The van der Waals surface area contributed by atoms with Crippen LogP contribution in [-0.4, -0.2) is 169 Å². The zero-order chi connectivity index (χ0) is 40.3. The average molecular weight is 777 g/mol. The van der Waals surface area contributed by atoms with Crippen LogP contribution in [0.1, 0.15) is 73.1 Å². The van der Waals surface area contributed by atoms with Gasteiger partial charge in [-0.25, -0.2) is 0 Å². The van der Waals surface area contributed by atoms with E-state index in [1.165, 1.54) is 25.5 Å². The van der Waals surface area contributed by atoms with E-state index in [9.17, 15) is 51.1 Å². The van der Waals surface area contributed by atoms with Crippen LogP contribution in [0.2, 0.25) is 0 Å². The SMILES string of the molecule is C=C[C@@](C)(O)CC/C=C(/CO)CC/C=C(\C)CC/C=C(/C)CO[C@@H]1O[C@H](CO[C@@H]2O[C@@H](C)[C@H](O)[C@@H](O)[C@H]2O)[C@@H](O[C@@H]2O[C@@H](C)[C@H](O)[C@@H](O)[C@H]2O)[C@H](O)[C@H]1O. The molecule has 0 aromatic carbocycles. The Morgan fingerprint density at radius 1 is 0.667 bits per heavy atom. The summed E-state index contributed by atoms with van der Waals surface area (Å²) in [4.78, 5) is 0. The first-order valence-electron chi connectivity index (χ1n) is 18.7. The number of aliphatic hydroxyl groups excluding tert-OH is 9. The quantitative estimate of drug-likeness (QED) is 0.0749. The van der Waals surface area contributed by atoms with Gasteiger partial charge in [0, 0.05) is 0 Å². The van der Waals surface area contributed by atoms with Crippen LogP contribution in [0.4, 0.5) is 0 Å². The summed E-state index contributed by atoms with van der Waals surface area (Å²) in [5.41, 5.74) is 1.96. The molecule has 3 aliphatic rings. The van der Waals surface area contributed by atoms with Gasteiger partial charge in [0.2, 0.25) is 0 Å². The summed E-state index contributed by atoms with van der Waals surface area (Å²) >= 11 is 0. The summed E-state index contributed by atoms with van der Waals surface area (Å²) in [7, 11) is 0. The molecule has 3 heterocycles. The van der Waals surface area contributed by atoms with E-state index in [-0.39, 0.29) is 13.2 Å². The molecule has 0 aromatic rings. The van der Waals surface area contributed by atoms with Gasteiger partial charge < -0.3 is 79.5 Å². The Bertz CT molecular complexity index is 1240. The first kappa shape index (κ1) is 46.7. The Balaban J connectivity index is 1.60. The minimum Gasteiger partial charge on any atom is -0.392 e. The van der Waals surface area contributed by atoms with Gasteiger partial charge in [-0.2, -0.15) is 0 Å². The van der Waals surface area contributed by atoms with E-state index >= 15 is 0 Å². The minimum absolute atomic E-state index is 0.0256. The summed E-state index contributed by atoms with van der Waals surface area (Å²) in [6, 6.07) is 0. The zero-order valence-electron chi connectivity index (χ0n) is 32.0. The molecule has 0 amide bonds. The fourth-order valence-electron chi connectivity index (χ4n) is 6.31. The Morgan fingerprint density at radius 3 is 1.81 bits per heavy atom. The van der Waals surface area contributed by atoms with Crippen molar-refractivity contribution in [2.45, 2.75) is 171 Å². The molecular weight excluding hydrogens is 712 g/mol. The van der Waals surface area contributed by atoms with Gasteiger partial charge in [0.05, 0.1) is 37.6 Å². The van der Waals surface area contributed by atoms with Crippen molar-refractivity contribution >= 4 is 0 Å². The van der Waals surface area contributed by atoms with E-state index in [0.717, 1.165) is 24.0 Å². The van der Waals surface area contributed by atoms with Gasteiger partial charge in [0.25, 0.3) is 0 Å². The molecule has 0 unspecified atom stereocenters. The minimum atomic E-state index is -1.73. The second-order valence-electron chi connectivity index (χ2n) is 14.9. The van der Waals surface area contributed by atoms with Crippen LogP contribution in [0.25, 0.3) is 0 Å². The molecule has 54 heavy (non-hydrogen) atoms. The highest BCUT2D eigenvalue weighted by atomic mass is 16.8. The molecule has 16 nitrogen and oxygen atoms in total. The maximum absolute atomic E-state index is 11.2. The summed E-state index contributed by atoms with van der Waals surface area (Å²) in [6.07, 6.45) is -9.94. The van der Waals surface area contributed by atoms with Crippen molar-refractivity contribution in [1.82, 2.24) is 0 Å². The van der Waals surface area contributed by atoms with Crippen molar-refractivity contribution in [2.75, 3.05) is 19.8 Å². The Morgan fingerprint density at radius 2 is 1.20 bits per heavy atom. The van der Waals surface area contributed by atoms with Gasteiger partial charge >= 0.3 is 0 Å². The first-order valence-corrected chi connectivity index (χ1v) is 18.7. The molecule has 3 saturated heterocycles. The van der Waals surface area contributed by atoms with Crippen LogP contribution in [-0.2, 0) is 28.4 Å². The van der Waals surface area contributed by atoms with E-state index in [4.69, 9.17) is 28.4 Å². The fraction of sp³-hybridized carbons (Fsp3) is 0.789. The molecule has 0 saturated carbocycles. The lowest BCUT2D eigenvalue weighted by Crippen LogP contribution is -2.64. The number of allylic oxidation sites excluding steroid dienone is 4. The Labute approximate surface area is 317 Å². The Kier molecular flexibility index (Phi) is 18.8. The van der Waals surface area contributed by atoms with Crippen LogP contribution in [0.15, 0.2) is 47.6 Å². The van der Waals surface area contributed by atoms with Crippen molar-refractivity contribution in [3.63, 3.8) is 0 Å². The standard InChI is InChI=1S/C38H64O16/c1-7-38(6,48)16-10-15-24(17-39)14-9-12-20(2)11-8-13-21(3)18-49-36-33(47)30(44)34(54-37-32(46)29(43)27(41)23(5)52-37)25(53-36)19-50-35-31(45)28(42)26(40)22(4)51-35/h7,12-13,15,22-23,25-37,39-48H,1,8-11,14,16-19H2,2-6H3/b20-12+,21-13-,24-15+/t22-,23-,25+,26-,27-,28+,29+,30+,31+,32+,33+,34+,35+,36+,37-,38+/m0/s1. The third-order valence-electron chi connectivity index (χ3n) is 10.2. The van der Waals surface area contributed by atoms with Gasteiger partial charge in [0.1, 0.15) is 61.0 Å². The molecule has 16 atom stereocenters. The lowest BCUT2D eigenvalue weighted by molar-refractivity contribution is -0.363. The van der Waals surface area contributed by atoms with Gasteiger partial charge in [-0.1, -0.05) is 35.5 Å².